The van der Waals surface area contributed by atoms with Gasteiger partial charge >= 0.3 is 0 Å². The van der Waals surface area contributed by atoms with Crippen molar-refractivity contribution in [3.05, 3.63) is 24.0 Å². The van der Waals surface area contributed by atoms with Crippen LogP contribution in [0.25, 0.3) is 0 Å². The average Bonchev–Trinajstić information content (AvgIpc) is 2.25. The van der Waals surface area contributed by atoms with E-state index >= 15 is 0 Å². The van der Waals surface area contributed by atoms with Gasteiger partial charge in [-0.2, -0.15) is 0 Å². The van der Waals surface area contributed by atoms with E-state index in [9.17, 15) is 4.79 Å². The normalized spacial score (nSPS) is 18.0. The number of carbonyl (C=O) groups is 1. The molecule has 0 bridgehead atoms. The minimum Gasteiger partial charge on any atom is -0.496 e. The van der Waals surface area contributed by atoms with Crippen molar-refractivity contribution < 1.29 is 9.53 Å². The Kier molecular flexibility index (Phi) is 2.44. The Labute approximate surface area is 88.7 Å². The van der Waals surface area contributed by atoms with Crippen LogP contribution in [0.3, 0.4) is 0 Å². The maximum atomic E-state index is 12.2. The van der Waals surface area contributed by atoms with Crippen molar-refractivity contribution in [1.82, 2.24) is 10.3 Å². The first-order chi connectivity index (χ1) is 7.17. The lowest BCUT2D eigenvalue weighted by Gasteiger charge is -2.37. The highest BCUT2D eigenvalue weighted by Crippen LogP contribution is 2.30. The Morgan fingerprint density at radius 2 is 2.33 bits per heavy atom. The molecule has 0 aromatic carbocycles. The summed E-state index contributed by atoms with van der Waals surface area (Å²) in [5, 5.41) is 3.11. The van der Waals surface area contributed by atoms with Crippen molar-refractivity contribution in [2.75, 3.05) is 20.2 Å². The summed E-state index contributed by atoms with van der Waals surface area (Å²) in [7, 11) is 1.56. The van der Waals surface area contributed by atoms with E-state index in [2.05, 4.69) is 10.3 Å². The van der Waals surface area contributed by atoms with Crippen LogP contribution in [0.15, 0.2) is 18.5 Å². The van der Waals surface area contributed by atoms with E-state index in [0.717, 1.165) is 13.1 Å². The van der Waals surface area contributed by atoms with Gasteiger partial charge in [0.25, 0.3) is 0 Å². The summed E-state index contributed by atoms with van der Waals surface area (Å²) in [6, 6.07) is 1.71. The van der Waals surface area contributed by atoms with Crippen LogP contribution in [0.5, 0.6) is 5.75 Å². The molecule has 4 heteroatoms. The number of Topliss-reactive ketones (excluding diaryl/α,β-unsaturated/α-hetero) is 1. The van der Waals surface area contributed by atoms with Crippen molar-refractivity contribution in [2.24, 2.45) is 5.41 Å². The van der Waals surface area contributed by atoms with E-state index in [1.165, 1.54) is 0 Å². The van der Waals surface area contributed by atoms with E-state index in [4.69, 9.17) is 4.74 Å². The molecule has 1 aromatic rings. The zero-order valence-electron chi connectivity index (χ0n) is 8.91. The van der Waals surface area contributed by atoms with Gasteiger partial charge < -0.3 is 10.1 Å². The molecule has 0 unspecified atom stereocenters. The molecule has 80 valence electrons. The molecule has 1 N–H and O–H groups in total. The minimum absolute atomic E-state index is 0.103. The predicted octanol–water partition coefficient (Wildman–Crippen LogP) is 0.882. The number of rotatable bonds is 3. The number of ketones is 1. The molecule has 0 saturated carbocycles. The molecule has 0 amide bonds. The number of ether oxygens (including phenoxy) is 1. The zero-order valence-corrected chi connectivity index (χ0v) is 8.91. The summed E-state index contributed by atoms with van der Waals surface area (Å²) >= 11 is 0. The van der Waals surface area contributed by atoms with Gasteiger partial charge in [0.05, 0.1) is 18.1 Å². The largest absolute Gasteiger partial charge is 0.496 e. The third-order valence-corrected chi connectivity index (χ3v) is 2.82. The van der Waals surface area contributed by atoms with Gasteiger partial charge in [-0.25, -0.2) is 0 Å². The van der Waals surface area contributed by atoms with Crippen LogP contribution in [0.4, 0.5) is 0 Å². The van der Waals surface area contributed by atoms with E-state index in [1.54, 1.807) is 25.6 Å². The van der Waals surface area contributed by atoms with Crippen molar-refractivity contribution in [1.29, 1.82) is 0 Å². The molecule has 1 aliphatic heterocycles. The number of hydrogen-bond donors (Lipinski definition) is 1. The summed E-state index contributed by atoms with van der Waals surface area (Å²) < 4.78 is 5.15. The number of aromatic nitrogens is 1. The minimum atomic E-state index is -0.295. The second kappa shape index (κ2) is 3.62. The monoisotopic (exact) mass is 206 g/mol. The molecule has 0 spiro atoms. The van der Waals surface area contributed by atoms with Gasteiger partial charge in [-0.3, -0.25) is 9.78 Å². The van der Waals surface area contributed by atoms with Crippen LogP contribution < -0.4 is 10.1 Å². The fraction of sp³-hybridized carbons (Fsp3) is 0.455. The molecule has 2 heterocycles. The van der Waals surface area contributed by atoms with Gasteiger partial charge in [0.1, 0.15) is 5.75 Å². The fourth-order valence-electron chi connectivity index (χ4n) is 1.72. The highest BCUT2D eigenvalue weighted by Gasteiger charge is 2.40. The van der Waals surface area contributed by atoms with Gasteiger partial charge in [-0.15, -0.1) is 0 Å². The summed E-state index contributed by atoms with van der Waals surface area (Å²) in [5.74, 6) is 0.703. The SMILES string of the molecule is COc1ccncc1C(=O)C1(C)CNC1. The topological polar surface area (TPSA) is 51.2 Å². The average molecular weight is 206 g/mol. The zero-order chi connectivity index (χ0) is 10.9. The van der Waals surface area contributed by atoms with Crippen LogP contribution >= 0.6 is 0 Å². The Morgan fingerprint density at radius 1 is 1.60 bits per heavy atom. The summed E-state index contributed by atoms with van der Waals surface area (Å²) in [4.78, 5) is 16.1. The molecule has 2 rings (SSSR count). The number of methoxy groups -OCH3 is 1. The van der Waals surface area contributed by atoms with Crippen LogP contribution in [0.2, 0.25) is 0 Å². The highest BCUT2D eigenvalue weighted by atomic mass is 16.5. The molecule has 4 nitrogen and oxygen atoms in total. The van der Waals surface area contributed by atoms with Crippen LogP contribution in [-0.4, -0.2) is 31.0 Å². The predicted molar refractivity (Wildman–Crippen MR) is 56.1 cm³/mol. The van der Waals surface area contributed by atoms with Crippen molar-refractivity contribution in [2.45, 2.75) is 6.92 Å². The molecule has 1 aromatic heterocycles. The molecule has 0 aliphatic carbocycles. The lowest BCUT2D eigenvalue weighted by Crippen LogP contribution is -2.56. The molecular weight excluding hydrogens is 192 g/mol. The third kappa shape index (κ3) is 1.61. The molecule has 0 radical (unpaired) electrons. The lowest BCUT2D eigenvalue weighted by molar-refractivity contribution is 0.0718. The van der Waals surface area contributed by atoms with E-state index in [0.29, 0.717) is 11.3 Å². The molecule has 15 heavy (non-hydrogen) atoms. The van der Waals surface area contributed by atoms with E-state index in [1.807, 2.05) is 6.92 Å². The Morgan fingerprint density at radius 3 is 2.87 bits per heavy atom. The first-order valence-electron chi connectivity index (χ1n) is 4.91. The van der Waals surface area contributed by atoms with Crippen LogP contribution in [0, 0.1) is 5.41 Å². The van der Waals surface area contributed by atoms with Gasteiger partial charge in [0.2, 0.25) is 0 Å². The number of nitrogens with zero attached hydrogens (tertiary/aromatic N) is 1. The first-order valence-corrected chi connectivity index (χ1v) is 4.91. The van der Waals surface area contributed by atoms with Crippen LogP contribution in [0.1, 0.15) is 17.3 Å². The summed E-state index contributed by atoms with van der Waals surface area (Å²) in [6.45, 7) is 3.41. The van der Waals surface area contributed by atoms with Gasteiger partial charge in [-0.05, 0) is 13.0 Å². The van der Waals surface area contributed by atoms with E-state index < -0.39 is 0 Å². The summed E-state index contributed by atoms with van der Waals surface area (Å²) in [5.41, 5.74) is 0.278. The van der Waals surface area contributed by atoms with Crippen molar-refractivity contribution in [3.63, 3.8) is 0 Å². The Hall–Kier alpha value is -1.42. The Bertz CT molecular complexity index is 386. The molecule has 1 fully saturated rings. The maximum absolute atomic E-state index is 12.2. The van der Waals surface area contributed by atoms with Gasteiger partial charge in [-0.1, -0.05) is 0 Å². The van der Waals surface area contributed by atoms with Crippen molar-refractivity contribution in [3.8, 4) is 5.75 Å². The first kappa shape index (κ1) is 10.1. The van der Waals surface area contributed by atoms with E-state index in [-0.39, 0.29) is 11.2 Å². The van der Waals surface area contributed by atoms with Crippen molar-refractivity contribution >= 4 is 5.78 Å². The standard InChI is InChI=1S/C11H14N2O2/c1-11(6-13-7-11)10(14)8-5-12-4-3-9(8)15-2/h3-5,13H,6-7H2,1-2H3. The van der Waals surface area contributed by atoms with Crippen LogP contribution in [-0.2, 0) is 0 Å². The number of hydrogen-bond acceptors (Lipinski definition) is 4. The third-order valence-electron chi connectivity index (χ3n) is 2.82. The maximum Gasteiger partial charge on any atom is 0.176 e. The quantitative estimate of drug-likeness (QED) is 0.746. The number of nitrogens with one attached hydrogen (secondary N) is 1. The summed E-state index contributed by atoms with van der Waals surface area (Å²) in [6.07, 6.45) is 3.20. The van der Waals surface area contributed by atoms with Gasteiger partial charge in [0.15, 0.2) is 5.78 Å². The molecular formula is C11H14N2O2. The molecule has 0 atom stereocenters. The molecule has 1 saturated heterocycles. The highest BCUT2D eigenvalue weighted by molar-refractivity contribution is 6.03. The number of carbonyl (C=O) groups excluding carboxylic acids is 1. The second-order valence-electron chi connectivity index (χ2n) is 4.07. The smallest absolute Gasteiger partial charge is 0.176 e. The number of pyridine rings is 1. The lowest BCUT2D eigenvalue weighted by atomic mass is 9.77. The van der Waals surface area contributed by atoms with Gasteiger partial charge in [0, 0.05) is 25.5 Å². The second-order valence-corrected chi connectivity index (χ2v) is 4.07. The fourth-order valence-corrected chi connectivity index (χ4v) is 1.72. The molecule has 1 aliphatic rings. The Balaban J connectivity index is 2.32.